The number of hydrogen-bond acceptors (Lipinski definition) is 3. The van der Waals surface area contributed by atoms with E-state index >= 15 is 0 Å². The van der Waals surface area contributed by atoms with Crippen LogP contribution in [-0.4, -0.2) is 18.4 Å². The quantitative estimate of drug-likeness (QED) is 0.529. The monoisotopic (exact) mass is 210 g/mol. The Kier molecular flexibility index (Phi) is 4.06. The van der Waals surface area contributed by atoms with Crippen molar-refractivity contribution in [2.24, 2.45) is 11.8 Å². The Morgan fingerprint density at radius 1 is 1.53 bits per heavy atom. The Hall–Kier alpha value is -1.12. The second-order valence-corrected chi connectivity index (χ2v) is 4.09. The summed E-state index contributed by atoms with van der Waals surface area (Å²) in [6, 6.07) is 0. The van der Waals surface area contributed by atoms with Gasteiger partial charge in [0.05, 0.1) is 6.61 Å². The molecule has 0 aromatic carbocycles. The third-order valence-corrected chi connectivity index (χ3v) is 2.98. The maximum absolute atomic E-state index is 11.5. The van der Waals surface area contributed by atoms with E-state index in [2.05, 4.69) is 6.58 Å². The smallest absolute Gasteiger partial charge is 0.333 e. The van der Waals surface area contributed by atoms with E-state index in [4.69, 9.17) is 4.74 Å². The molecule has 0 aliphatic heterocycles. The normalized spacial score (nSPS) is 26.1. The molecule has 0 unspecified atom stereocenters. The van der Waals surface area contributed by atoms with Crippen LogP contribution in [0.5, 0.6) is 0 Å². The minimum atomic E-state index is -0.357. The molecule has 1 aliphatic carbocycles. The summed E-state index contributed by atoms with van der Waals surface area (Å²) in [7, 11) is 0. The molecule has 0 N–H and O–H groups in total. The minimum Gasteiger partial charge on any atom is -0.463 e. The van der Waals surface area contributed by atoms with Gasteiger partial charge in [0.25, 0.3) is 0 Å². The van der Waals surface area contributed by atoms with Crippen molar-refractivity contribution in [2.75, 3.05) is 6.61 Å². The van der Waals surface area contributed by atoms with E-state index < -0.39 is 0 Å². The Morgan fingerprint density at radius 2 is 2.20 bits per heavy atom. The van der Waals surface area contributed by atoms with Crippen LogP contribution in [0.15, 0.2) is 12.2 Å². The molecule has 0 aromatic rings. The van der Waals surface area contributed by atoms with Gasteiger partial charge < -0.3 is 4.74 Å². The SMILES string of the molecule is C=C(C(=O)OCC)[C@H]1CC[C@H](C)C(=O)C1. The van der Waals surface area contributed by atoms with Gasteiger partial charge in [-0.25, -0.2) is 4.79 Å². The van der Waals surface area contributed by atoms with E-state index in [1.807, 2.05) is 6.92 Å². The first-order valence-electron chi connectivity index (χ1n) is 5.44. The van der Waals surface area contributed by atoms with Crippen LogP contribution in [0.4, 0.5) is 0 Å². The van der Waals surface area contributed by atoms with Crippen molar-refractivity contribution in [3.63, 3.8) is 0 Å². The zero-order valence-electron chi connectivity index (χ0n) is 9.41. The van der Waals surface area contributed by atoms with E-state index in [0.29, 0.717) is 18.6 Å². The molecule has 0 spiro atoms. The molecular formula is C12H18O3. The zero-order chi connectivity index (χ0) is 11.4. The standard InChI is InChI=1S/C12H18O3/c1-4-15-12(14)9(3)10-6-5-8(2)11(13)7-10/h8,10H,3-7H2,1-2H3/t8-,10-/m0/s1. The Labute approximate surface area is 90.5 Å². The predicted molar refractivity (Wildman–Crippen MR) is 57.3 cm³/mol. The van der Waals surface area contributed by atoms with Gasteiger partial charge in [-0.2, -0.15) is 0 Å². The van der Waals surface area contributed by atoms with Crippen LogP contribution < -0.4 is 0 Å². The number of Topliss-reactive ketones (excluding diaryl/α,β-unsaturated/α-hetero) is 1. The molecule has 1 fully saturated rings. The predicted octanol–water partition coefficient (Wildman–Crippen LogP) is 2.11. The highest BCUT2D eigenvalue weighted by molar-refractivity contribution is 5.90. The summed E-state index contributed by atoms with van der Waals surface area (Å²) in [5.74, 6) is 0.00514. The number of carbonyl (C=O) groups excluding carboxylic acids is 2. The maximum atomic E-state index is 11.5. The first kappa shape index (κ1) is 12.0. The second-order valence-electron chi connectivity index (χ2n) is 4.09. The maximum Gasteiger partial charge on any atom is 0.333 e. The summed E-state index contributed by atoms with van der Waals surface area (Å²) >= 11 is 0. The van der Waals surface area contributed by atoms with Crippen LogP contribution in [0.25, 0.3) is 0 Å². The third kappa shape index (κ3) is 2.91. The number of hydrogen-bond donors (Lipinski definition) is 0. The first-order valence-corrected chi connectivity index (χ1v) is 5.44. The minimum absolute atomic E-state index is 0.00671. The van der Waals surface area contributed by atoms with E-state index in [0.717, 1.165) is 12.8 Å². The van der Waals surface area contributed by atoms with Crippen molar-refractivity contribution in [1.29, 1.82) is 0 Å². The first-order chi connectivity index (χ1) is 7.06. The van der Waals surface area contributed by atoms with Crippen LogP contribution in [0.2, 0.25) is 0 Å². The molecule has 3 heteroatoms. The molecule has 15 heavy (non-hydrogen) atoms. The second kappa shape index (κ2) is 5.10. The topological polar surface area (TPSA) is 43.4 Å². The molecule has 84 valence electrons. The summed E-state index contributed by atoms with van der Waals surface area (Å²) in [6.45, 7) is 7.79. The zero-order valence-corrected chi connectivity index (χ0v) is 9.41. The van der Waals surface area contributed by atoms with E-state index in [1.165, 1.54) is 0 Å². The number of rotatable bonds is 3. The lowest BCUT2D eigenvalue weighted by molar-refractivity contribution is -0.139. The average Bonchev–Trinajstić information content (AvgIpc) is 2.21. The lowest BCUT2D eigenvalue weighted by Gasteiger charge is -2.25. The number of carbonyl (C=O) groups is 2. The van der Waals surface area contributed by atoms with Gasteiger partial charge in [0, 0.05) is 17.9 Å². The van der Waals surface area contributed by atoms with Gasteiger partial charge in [0.15, 0.2) is 0 Å². The third-order valence-electron chi connectivity index (χ3n) is 2.98. The molecule has 2 atom stereocenters. The van der Waals surface area contributed by atoms with E-state index in [9.17, 15) is 9.59 Å². The largest absolute Gasteiger partial charge is 0.463 e. The van der Waals surface area contributed by atoms with Gasteiger partial charge >= 0.3 is 5.97 Å². The van der Waals surface area contributed by atoms with Gasteiger partial charge in [0.1, 0.15) is 5.78 Å². The average molecular weight is 210 g/mol. The van der Waals surface area contributed by atoms with Crippen LogP contribution in [0.3, 0.4) is 0 Å². The van der Waals surface area contributed by atoms with Crippen LogP contribution in [0, 0.1) is 11.8 Å². The highest BCUT2D eigenvalue weighted by Crippen LogP contribution is 2.30. The molecule has 1 saturated carbocycles. The summed E-state index contributed by atoms with van der Waals surface area (Å²) in [6.07, 6.45) is 2.16. The lowest BCUT2D eigenvalue weighted by Crippen LogP contribution is -2.26. The molecule has 0 saturated heterocycles. The van der Waals surface area contributed by atoms with Crippen LogP contribution in [-0.2, 0) is 14.3 Å². The molecule has 0 heterocycles. The van der Waals surface area contributed by atoms with Crippen molar-refractivity contribution in [3.05, 3.63) is 12.2 Å². The summed E-state index contributed by atoms with van der Waals surface area (Å²) in [5, 5.41) is 0. The molecule has 1 rings (SSSR count). The molecule has 0 amide bonds. The number of ketones is 1. The highest BCUT2D eigenvalue weighted by atomic mass is 16.5. The van der Waals surface area contributed by atoms with Crippen molar-refractivity contribution in [3.8, 4) is 0 Å². The van der Waals surface area contributed by atoms with Gasteiger partial charge in [-0.3, -0.25) is 4.79 Å². The molecular weight excluding hydrogens is 192 g/mol. The molecule has 0 radical (unpaired) electrons. The van der Waals surface area contributed by atoms with Crippen molar-refractivity contribution in [1.82, 2.24) is 0 Å². The molecule has 0 aromatic heterocycles. The molecule has 3 nitrogen and oxygen atoms in total. The van der Waals surface area contributed by atoms with Crippen LogP contribution >= 0.6 is 0 Å². The van der Waals surface area contributed by atoms with Gasteiger partial charge in [0.2, 0.25) is 0 Å². The fourth-order valence-corrected chi connectivity index (χ4v) is 1.85. The number of ether oxygens (including phenoxy) is 1. The summed E-state index contributed by atoms with van der Waals surface area (Å²) < 4.78 is 4.87. The lowest BCUT2D eigenvalue weighted by atomic mass is 9.79. The summed E-state index contributed by atoms with van der Waals surface area (Å²) in [4.78, 5) is 22.9. The van der Waals surface area contributed by atoms with E-state index in [-0.39, 0.29) is 23.6 Å². The van der Waals surface area contributed by atoms with Gasteiger partial charge in [-0.15, -0.1) is 0 Å². The van der Waals surface area contributed by atoms with Gasteiger partial charge in [-0.05, 0) is 25.7 Å². The Bertz CT molecular complexity index is 281. The summed E-state index contributed by atoms with van der Waals surface area (Å²) in [5.41, 5.74) is 0.456. The fraction of sp³-hybridized carbons (Fsp3) is 0.667. The Balaban J connectivity index is 2.54. The number of esters is 1. The van der Waals surface area contributed by atoms with Crippen LogP contribution in [0.1, 0.15) is 33.1 Å². The van der Waals surface area contributed by atoms with Crippen molar-refractivity contribution >= 4 is 11.8 Å². The Morgan fingerprint density at radius 3 is 2.73 bits per heavy atom. The van der Waals surface area contributed by atoms with Crippen molar-refractivity contribution in [2.45, 2.75) is 33.1 Å². The highest BCUT2D eigenvalue weighted by Gasteiger charge is 2.29. The van der Waals surface area contributed by atoms with E-state index in [1.54, 1.807) is 6.92 Å². The van der Waals surface area contributed by atoms with Gasteiger partial charge in [-0.1, -0.05) is 13.5 Å². The molecule has 1 aliphatic rings. The van der Waals surface area contributed by atoms with Crippen molar-refractivity contribution < 1.29 is 14.3 Å². The fourth-order valence-electron chi connectivity index (χ4n) is 1.85. The molecule has 0 bridgehead atoms.